The molecule has 4 heteroatoms. The first-order valence-corrected chi connectivity index (χ1v) is 13.8. The number of hydrogen-bond donors (Lipinski definition) is 1. The van der Waals surface area contributed by atoms with Crippen LogP contribution in [0.4, 0.5) is 4.39 Å². The van der Waals surface area contributed by atoms with Crippen molar-refractivity contribution >= 4 is 5.78 Å². The number of halogens is 1. The quantitative estimate of drug-likeness (QED) is 0.297. The van der Waals surface area contributed by atoms with Gasteiger partial charge in [-0.25, -0.2) is 4.39 Å². The molecule has 1 aliphatic carbocycles. The minimum absolute atomic E-state index is 0.106. The third-order valence-electron chi connectivity index (χ3n) is 9.09. The van der Waals surface area contributed by atoms with Crippen LogP contribution in [0.5, 0.6) is 5.75 Å². The van der Waals surface area contributed by atoms with Gasteiger partial charge in [-0.15, -0.1) is 0 Å². The van der Waals surface area contributed by atoms with Gasteiger partial charge in [-0.2, -0.15) is 0 Å². The van der Waals surface area contributed by atoms with Crippen LogP contribution in [0.1, 0.15) is 35.1 Å². The van der Waals surface area contributed by atoms with Gasteiger partial charge < -0.3 is 10.1 Å². The second kappa shape index (κ2) is 10.4. The third kappa shape index (κ3) is 4.28. The molecule has 2 fully saturated rings. The molecule has 4 aromatic rings. The van der Waals surface area contributed by atoms with Crippen LogP contribution in [0.15, 0.2) is 115 Å². The lowest BCUT2D eigenvalue weighted by molar-refractivity contribution is -0.123. The number of fused-ring (bicyclic) bond motifs is 1. The number of nitrogens with one attached hydrogen (secondary N) is 1. The molecular weight excluding hydrogens is 485 g/mol. The van der Waals surface area contributed by atoms with Gasteiger partial charge in [0, 0.05) is 35.8 Å². The van der Waals surface area contributed by atoms with Crippen LogP contribution in [0.2, 0.25) is 0 Å². The summed E-state index contributed by atoms with van der Waals surface area (Å²) in [5, 5.41) is 3.55. The largest absolute Gasteiger partial charge is 0.496 e. The maximum Gasteiger partial charge on any atom is 0.154 e. The molecule has 1 saturated heterocycles. The maximum atomic E-state index is 17.7. The van der Waals surface area contributed by atoms with Gasteiger partial charge in [0.1, 0.15) is 11.4 Å². The molecule has 1 unspecified atom stereocenters. The van der Waals surface area contributed by atoms with Crippen LogP contribution in [0.25, 0.3) is 0 Å². The second-order valence-electron chi connectivity index (χ2n) is 10.9. The molecule has 1 N–H and O–H groups in total. The summed E-state index contributed by atoms with van der Waals surface area (Å²) in [6, 6.07) is 37.6. The molecule has 6 rings (SSSR count). The van der Waals surface area contributed by atoms with E-state index in [0.29, 0.717) is 37.1 Å². The van der Waals surface area contributed by atoms with E-state index in [4.69, 9.17) is 4.74 Å². The molecule has 1 heterocycles. The fraction of sp³-hybridized carbons (Fsp3) is 0.286. The fourth-order valence-electron chi connectivity index (χ4n) is 7.40. The molecule has 0 radical (unpaired) electrons. The average molecular weight is 520 g/mol. The topological polar surface area (TPSA) is 38.3 Å². The van der Waals surface area contributed by atoms with Crippen molar-refractivity contribution in [2.45, 2.75) is 36.4 Å². The molecule has 4 atom stereocenters. The average Bonchev–Trinajstić information content (AvgIpc) is 3.46. The van der Waals surface area contributed by atoms with Gasteiger partial charge in [0.05, 0.1) is 13.2 Å². The van der Waals surface area contributed by atoms with Crippen molar-refractivity contribution in [2.75, 3.05) is 13.7 Å². The van der Waals surface area contributed by atoms with Gasteiger partial charge in [0.15, 0.2) is 5.78 Å². The number of ketones is 1. The van der Waals surface area contributed by atoms with E-state index < -0.39 is 23.0 Å². The summed E-state index contributed by atoms with van der Waals surface area (Å²) < 4.78 is 23.4. The molecule has 3 nitrogen and oxygen atoms in total. The third-order valence-corrected chi connectivity index (χ3v) is 9.09. The Kier molecular flexibility index (Phi) is 6.82. The summed E-state index contributed by atoms with van der Waals surface area (Å²) in [5.74, 6) is -0.0474. The summed E-state index contributed by atoms with van der Waals surface area (Å²) in [7, 11) is 1.60. The van der Waals surface area contributed by atoms with Gasteiger partial charge in [-0.1, -0.05) is 109 Å². The summed E-state index contributed by atoms with van der Waals surface area (Å²) in [5.41, 5.74) is 1.66. The van der Waals surface area contributed by atoms with Crippen LogP contribution in [0, 0.1) is 11.8 Å². The Bertz CT molecular complexity index is 1390. The predicted octanol–water partition coefficient (Wildman–Crippen LogP) is 6.66. The van der Waals surface area contributed by atoms with E-state index in [9.17, 15) is 4.79 Å². The van der Waals surface area contributed by atoms with Crippen molar-refractivity contribution in [3.05, 3.63) is 138 Å². The number of hydrogen-bond acceptors (Lipinski definition) is 3. The summed E-state index contributed by atoms with van der Waals surface area (Å²) in [4.78, 5) is 14.1. The van der Waals surface area contributed by atoms with Crippen molar-refractivity contribution < 1.29 is 13.9 Å². The van der Waals surface area contributed by atoms with E-state index in [1.165, 1.54) is 0 Å². The highest BCUT2D eigenvalue weighted by molar-refractivity contribution is 5.87. The van der Waals surface area contributed by atoms with Gasteiger partial charge in [-0.3, -0.25) is 4.79 Å². The van der Waals surface area contributed by atoms with Gasteiger partial charge in [0.2, 0.25) is 0 Å². The second-order valence-corrected chi connectivity index (χ2v) is 10.9. The van der Waals surface area contributed by atoms with Crippen molar-refractivity contribution in [3.8, 4) is 5.75 Å². The molecule has 0 amide bonds. The van der Waals surface area contributed by atoms with Crippen molar-refractivity contribution in [1.29, 1.82) is 0 Å². The zero-order valence-corrected chi connectivity index (χ0v) is 22.2. The molecular formula is C35H34FNO2. The molecule has 198 valence electrons. The number of ether oxygens (including phenoxy) is 1. The van der Waals surface area contributed by atoms with E-state index in [-0.39, 0.29) is 11.7 Å². The molecule has 1 aliphatic heterocycles. The molecule has 0 spiro atoms. The fourth-order valence-corrected chi connectivity index (χ4v) is 7.40. The highest BCUT2D eigenvalue weighted by Gasteiger charge is 2.64. The van der Waals surface area contributed by atoms with Crippen molar-refractivity contribution in [2.24, 2.45) is 11.8 Å². The summed E-state index contributed by atoms with van der Waals surface area (Å²) in [6.07, 6.45) is 1.22. The zero-order valence-electron chi connectivity index (χ0n) is 22.2. The van der Waals surface area contributed by atoms with Crippen molar-refractivity contribution in [1.82, 2.24) is 5.32 Å². The van der Waals surface area contributed by atoms with E-state index in [1.54, 1.807) is 7.11 Å². The molecule has 1 saturated carbocycles. The van der Waals surface area contributed by atoms with Gasteiger partial charge in [0.25, 0.3) is 0 Å². The Balaban J connectivity index is 1.53. The number of alkyl halides is 1. The normalized spacial score (nSPS) is 25.5. The first-order valence-electron chi connectivity index (χ1n) is 13.8. The first-order chi connectivity index (χ1) is 19.1. The molecule has 2 aliphatic rings. The van der Waals surface area contributed by atoms with E-state index in [2.05, 4.69) is 53.8 Å². The van der Waals surface area contributed by atoms with E-state index in [1.807, 2.05) is 66.7 Å². The zero-order chi connectivity index (χ0) is 26.9. The van der Waals surface area contributed by atoms with Crippen LogP contribution >= 0.6 is 0 Å². The monoisotopic (exact) mass is 519 g/mol. The molecule has 4 aromatic carbocycles. The lowest BCUT2D eigenvalue weighted by Gasteiger charge is -2.53. The highest BCUT2D eigenvalue weighted by atomic mass is 19.1. The van der Waals surface area contributed by atoms with Crippen LogP contribution < -0.4 is 10.1 Å². The van der Waals surface area contributed by atoms with Gasteiger partial charge >= 0.3 is 0 Å². The van der Waals surface area contributed by atoms with Crippen LogP contribution in [0.3, 0.4) is 0 Å². The van der Waals surface area contributed by atoms with Crippen molar-refractivity contribution in [3.63, 3.8) is 0 Å². The number of para-hydroxylation sites is 1. The molecule has 39 heavy (non-hydrogen) atoms. The molecule has 0 bridgehead atoms. The smallest absolute Gasteiger partial charge is 0.154 e. The number of carbonyl (C=O) groups is 1. The van der Waals surface area contributed by atoms with E-state index >= 15 is 4.39 Å². The van der Waals surface area contributed by atoms with Crippen LogP contribution in [-0.2, 0) is 22.3 Å². The lowest BCUT2D eigenvalue weighted by atomic mass is 9.50. The lowest BCUT2D eigenvalue weighted by Crippen LogP contribution is -2.55. The van der Waals surface area contributed by atoms with Gasteiger partial charge in [-0.05, 0) is 35.6 Å². The standard InChI is InChI=1S/C35H34FNO2/c1-39-31-20-12-11-19-28(31)35(36)22-21-34(26-15-7-3-8-16-26,27-17-9-4-10-18-27)32-29(35)24-37-33(32)30(38)23-25-13-5-2-6-14-25/h2-20,29,32-33,37H,21-24H2,1H3/t29-,32-,33?,35-/m1/s1. The maximum absolute atomic E-state index is 17.7. The minimum Gasteiger partial charge on any atom is -0.496 e. The Morgan fingerprint density at radius 1 is 0.821 bits per heavy atom. The predicted molar refractivity (Wildman–Crippen MR) is 153 cm³/mol. The Hall–Kier alpha value is -3.76. The SMILES string of the molecule is COc1ccccc1[C@]1(F)CCC(c2ccccc2)(c2ccccc2)[C@H]2C(C(=O)Cc3ccccc3)NC[C@H]21. The summed E-state index contributed by atoms with van der Waals surface area (Å²) >= 11 is 0. The Labute approximate surface area is 230 Å². The van der Waals surface area contributed by atoms with E-state index in [0.717, 1.165) is 16.7 Å². The van der Waals surface area contributed by atoms with Crippen LogP contribution in [-0.4, -0.2) is 25.5 Å². The summed E-state index contributed by atoms with van der Waals surface area (Å²) in [6.45, 7) is 0.422. The molecule has 0 aromatic heterocycles. The Morgan fingerprint density at radius 3 is 2.00 bits per heavy atom. The highest BCUT2D eigenvalue weighted by Crippen LogP contribution is 2.61. The number of carbonyl (C=O) groups excluding carboxylic acids is 1. The number of methoxy groups -OCH3 is 1. The number of benzene rings is 4. The minimum atomic E-state index is -1.64. The number of Topliss-reactive ketones (excluding diaryl/α,β-unsaturated/α-hetero) is 1. The Morgan fingerprint density at radius 2 is 1.38 bits per heavy atom. The number of rotatable bonds is 7. The first kappa shape index (κ1) is 25.5.